The first-order chi connectivity index (χ1) is 7.58. The van der Waals surface area contributed by atoms with Crippen molar-refractivity contribution in [3.8, 4) is 0 Å². The number of nitrogens with two attached hydrogens (primary N) is 1. The van der Waals surface area contributed by atoms with Crippen LogP contribution in [-0.2, 0) is 4.74 Å². The van der Waals surface area contributed by atoms with E-state index in [9.17, 15) is 0 Å². The van der Waals surface area contributed by atoms with Crippen molar-refractivity contribution < 1.29 is 4.74 Å². The fraction of sp³-hybridized carbons (Fsp3) is 0.909. The number of hydrogen-bond acceptors (Lipinski definition) is 3. The highest BCUT2D eigenvalue weighted by atomic mass is 16.5. The molecule has 5 nitrogen and oxygen atoms in total. The standard InChI is InChI=1S/C11H24N4O/c1-9(2)13-11(12)14-10(3)8-15-4-6-16-7-5-15/h9-10H,4-8H2,1-3H3,(H3,12,13,14). The van der Waals surface area contributed by atoms with Gasteiger partial charge in [-0.05, 0) is 20.8 Å². The van der Waals surface area contributed by atoms with Crippen LogP contribution in [0.5, 0.6) is 0 Å². The highest BCUT2D eigenvalue weighted by Gasteiger charge is 2.13. The van der Waals surface area contributed by atoms with Gasteiger partial charge in [0.25, 0.3) is 0 Å². The molecule has 0 aromatic heterocycles. The van der Waals surface area contributed by atoms with E-state index in [0.717, 1.165) is 32.8 Å². The molecule has 0 radical (unpaired) electrons. The summed E-state index contributed by atoms with van der Waals surface area (Å²) in [5.41, 5.74) is 5.78. The minimum atomic E-state index is 0.226. The lowest BCUT2D eigenvalue weighted by Gasteiger charge is -2.28. The summed E-state index contributed by atoms with van der Waals surface area (Å²) >= 11 is 0. The van der Waals surface area contributed by atoms with Gasteiger partial charge in [-0.25, -0.2) is 4.99 Å². The molecule has 5 heteroatoms. The molecule has 1 unspecified atom stereocenters. The van der Waals surface area contributed by atoms with Gasteiger partial charge >= 0.3 is 0 Å². The first-order valence-electron chi connectivity index (χ1n) is 5.98. The molecule has 0 bridgehead atoms. The minimum absolute atomic E-state index is 0.226. The van der Waals surface area contributed by atoms with Gasteiger partial charge in [0, 0.05) is 25.7 Å². The number of nitrogens with zero attached hydrogens (tertiary/aromatic N) is 2. The van der Waals surface area contributed by atoms with Crippen LogP contribution >= 0.6 is 0 Å². The summed E-state index contributed by atoms with van der Waals surface area (Å²) in [6, 6.07) is 0.559. The second-order valence-electron chi connectivity index (χ2n) is 4.58. The van der Waals surface area contributed by atoms with Gasteiger partial charge in [-0.1, -0.05) is 0 Å². The molecule has 1 aliphatic heterocycles. The van der Waals surface area contributed by atoms with Crippen LogP contribution in [0.1, 0.15) is 20.8 Å². The predicted octanol–water partition coefficient (Wildman–Crippen LogP) is 0.0198. The summed E-state index contributed by atoms with van der Waals surface area (Å²) in [5.74, 6) is 0.538. The molecular weight excluding hydrogens is 204 g/mol. The lowest BCUT2D eigenvalue weighted by Crippen LogP contribution is -2.42. The zero-order valence-electron chi connectivity index (χ0n) is 10.6. The largest absolute Gasteiger partial charge is 0.379 e. The predicted molar refractivity (Wildman–Crippen MR) is 66.6 cm³/mol. The van der Waals surface area contributed by atoms with E-state index in [1.165, 1.54) is 0 Å². The molecular formula is C11H24N4O. The van der Waals surface area contributed by atoms with Crippen molar-refractivity contribution in [2.75, 3.05) is 32.8 Å². The number of guanidine groups is 1. The number of aliphatic imine (C=N–C) groups is 1. The van der Waals surface area contributed by atoms with Crippen LogP contribution < -0.4 is 11.1 Å². The van der Waals surface area contributed by atoms with E-state index in [4.69, 9.17) is 10.5 Å². The molecule has 0 aromatic carbocycles. The number of hydrogen-bond donors (Lipinski definition) is 2. The topological polar surface area (TPSA) is 62.9 Å². The maximum atomic E-state index is 5.78. The van der Waals surface area contributed by atoms with Crippen molar-refractivity contribution in [1.29, 1.82) is 0 Å². The van der Waals surface area contributed by atoms with E-state index in [-0.39, 0.29) is 6.04 Å². The Hall–Kier alpha value is -0.810. The highest BCUT2D eigenvalue weighted by molar-refractivity contribution is 5.78. The molecule has 94 valence electrons. The molecule has 3 N–H and O–H groups in total. The normalized spacial score (nSPS) is 21.1. The van der Waals surface area contributed by atoms with Crippen molar-refractivity contribution in [2.45, 2.75) is 32.9 Å². The fourth-order valence-electron chi connectivity index (χ4n) is 1.77. The van der Waals surface area contributed by atoms with Gasteiger partial charge in [-0.15, -0.1) is 0 Å². The molecule has 0 spiro atoms. The molecule has 1 saturated heterocycles. The van der Waals surface area contributed by atoms with Crippen LogP contribution in [0.3, 0.4) is 0 Å². The number of nitrogens with one attached hydrogen (secondary N) is 1. The van der Waals surface area contributed by atoms with Crippen LogP contribution in [0, 0.1) is 0 Å². The smallest absolute Gasteiger partial charge is 0.189 e. The molecule has 0 saturated carbocycles. The number of rotatable bonds is 4. The lowest BCUT2D eigenvalue weighted by molar-refractivity contribution is 0.0361. The average Bonchev–Trinajstić information content (AvgIpc) is 2.17. The molecule has 1 atom stereocenters. The zero-order chi connectivity index (χ0) is 12.0. The van der Waals surface area contributed by atoms with Crippen LogP contribution in [0.15, 0.2) is 4.99 Å². The Morgan fingerprint density at radius 1 is 1.38 bits per heavy atom. The maximum absolute atomic E-state index is 5.78. The summed E-state index contributed by atoms with van der Waals surface area (Å²) in [5, 5.41) is 3.10. The van der Waals surface area contributed by atoms with Gasteiger partial charge in [0.15, 0.2) is 5.96 Å². The minimum Gasteiger partial charge on any atom is -0.379 e. The van der Waals surface area contributed by atoms with Crippen molar-refractivity contribution in [3.63, 3.8) is 0 Å². The van der Waals surface area contributed by atoms with Gasteiger partial charge in [-0.2, -0.15) is 0 Å². The first kappa shape index (κ1) is 13.3. The van der Waals surface area contributed by atoms with Gasteiger partial charge in [0.2, 0.25) is 0 Å². The molecule has 16 heavy (non-hydrogen) atoms. The van der Waals surface area contributed by atoms with Crippen LogP contribution in [0.25, 0.3) is 0 Å². The van der Waals surface area contributed by atoms with E-state index in [1.54, 1.807) is 0 Å². The quantitative estimate of drug-likeness (QED) is 0.526. The number of ether oxygens (including phenoxy) is 1. The molecule has 1 heterocycles. The molecule has 0 aromatic rings. The first-order valence-corrected chi connectivity index (χ1v) is 5.98. The fourth-order valence-corrected chi connectivity index (χ4v) is 1.77. The maximum Gasteiger partial charge on any atom is 0.189 e. The molecule has 0 amide bonds. The second kappa shape index (κ2) is 6.70. The summed E-state index contributed by atoms with van der Waals surface area (Å²) in [6.45, 7) is 10.8. The summed E-state index contributed by atoms with van der Waals surface area (Å²) in [6.07, 6.45) is 0. The van der Waals surface area contributed by atoms with Crippen molar-refractivity contribution in [3.05, 3.63) is 0 Å². The third kappa shape index (κ3) is 5.32. The van der Waals surface area contributed by atoms with Gasteiger partial charge in [0.1, 0.15) is 0 Å². The van der Waals surface area contributed by atoms with Crippen molar-refractivity contribution in [2.24, 2.45) is 10.7 Å². The average molecular weight is 228 g/mol. The molecule has 0 aliphatic carbocycles. The molecule has 1 aliphatic rings. The highest BCUT2D eigenvalue weighted by Crippen LogP contribution is 2.00. The van der Waals surface area contributed by atoms with Crippen molar-refractivity contribution in [1.82, 2.24) is 10.2 Å². The summed E-state index contributed by atoms with van der Waals surface area (Å²) in [4.78, 5) is 6.77. The Labute approximate surface area is 98.0 Å². The lowest BCUT2D eigenvalue weighted by atomic mass is 10.3. The zero-order valence-corrected chi connectivity index (χ0v) is 10.6. The monoisotopic (exact) mass is 228 g/mol. The van der Waals surface area contributed by atoms with Gasteiger partial charge in [-0.3, -0.25) is 4.90 Å². The summed E-state index contributed by atoms with van der Waals surface area (Å²) < 4.78 is 5.30. The Morgan fingerprint density at radius 2 is 2.00 bits per heavy atom. The Bertz CT molecular complexity index is 224. The number of morpholine rings is 1. The molecule has 1 fully saturated rings. The van der Waals surface area contributed by atoms with E-state index in [1.807, 2.05) is 0 Å². The Kier molecular flexibility index (Phi) is 5.55. The van der Waals surface area contributed by atoms with Crippen molar-refractivity contribution >= 4 is 5.96 Å². The van der Waals surface area contributed by atoms with Gasteiger partial charge < -0.3 is 15.8 Å². The molecule has 1 rings (SSSR count). The van der Waals surface area contributed by atoms with Crippen LogP contribution in [0.4, 0.5) is 0 Å². The van der Waals surface area contributed by atoms with E-state index in [0.29, 0.717) is 12.0 Å². The Balaban J connectivity index is 2.30. The van der Waals surface area contributed by atoms with E-state index >= 15 is 0 Å². The van der Waals surface area contributed by atoms with E-state index < -0.39 is 0 Å². The van der Waals surface area contributed by atoms with E-state index in [2.05, 4.69) is 36.0 Å². The Morgan fingerprint density at radius 3 is 2.56 bits per heavy atom. The van der Waals surface area contributed by atoms with Crippen LogP contribution in [0.2, 0.25) is 0 Å². The van der Waals surface area contributed by atoms with Gasteiger partial charge in [0.05, 0.1) is 19.3 Å². The third-order valence-electron chi connectivity index (χ3n) is 2.42. The second-order valence-corrected chi connectivity index (χ2v) is 4.58. The van der Waals surface area contributed by atoms with Crippen LogP contribution in [-0.4, -0.2) is 55.8 Å². The third-order valence-corrected chi connectivity index (χ3v) is 2.42. The SMILES string of the molecule is CC(CN1CCOCC1)N=C(N)NC(C)C. The summed E-state index contributed by atoms with van der Waals surface area (Å²) in [7, 11) is 0.